The van der Waals surface area contributed by atoms with Crippen LogP contribution in [-0.4, -0.2) is 12.2 Å². The molecule has 0 fully saturated rings. The molecule has 100 valence electrons. The van der Waals surface area contributed by atoms with Crippen molar-refractivity contribution in [2.24, 2.45) is 0 Å². The molecule has 1 aromatic carbocycles. The van der Waals surface area contributed by atoms with Gasteiger partial charge in [-0.1, -0.05) is 30.3 Å². The zero-order chi connectivity index (χ0) is 13.7. The van der Waals surface area contributed by atoms with Gasteiger partial charge in [0.05, 0.1) is 13.7 Å². The molecule has 0 saturated heterocycles. The van der Waals surface area contributed by atoms with Crippen molar-refractivity contribution in [2.75, 3.05) is 7.11 Å². The lowest BCUT2D eigenvalue weighted by Crippen LogP contribution is -2.11. The van der Waals surface area contributed by atoms with E-state index in [0.717, 1.165) is 6.42 Å². The molecule has 0 spiro atoms. The SMILES string of the molecule is COc1cc(CCc2ccccc2)oc(=O)c1CO. The van der Waals surface area contributed by atoms with Crippen LogP contribution < -0.4 is 10.4 Å². The third-order valence-corrected chi connectivity index (χ3v) is 2.94. The van der Waals surface area contributed by atoms with Crippen molar-refractivity contribution in [1.29, 1.82) is 0 Å². The van der Waals surface area contributed by atoms with Crippen molar-refractivity contribution in [3.63, 3.8) is 0 Å². The predicted molar refractivity (Wildman–Crippen MR) is 71.3 cm³/mol. The maximum atomic E-state index is 11.7. The topological polar surface area (TPSA) is 59.7 Å². The highest BCUT2D eigenvalue weighted by Gasteiger charge is 2.11. The molecule has 2 rings (SSSR count). The molecule has 1 N–H and O–H groups in total. The normalized spacial score (nSPS) is 10.4. The summed E-state index contributed by atoms with van der Waals surface area (Å²) in [5.74, 6) is 0.935. The number of aryl methyl sites for hydroxylation is 2. The standard InChI is InChI=1S/C15H16O4/c1-18-14-9-12(19-15(17)13(14)10-16)8-7-11-5-3-2-4-6-11/h2-6,9,16H,7-8,10H2,1H3. The molecule has 4 nitrogen and oxygen atoms in total. The monoisotopic (exact) mass is 260 g/mol. The first-order chi connectivity index (χ1) is 9.24. The van der Waals surface area contributed by atoms with Gasteiger partial charge in [0.25, 0.3) is 0 Å². The number of hydrogen-bond donors (Lipinski definition) is 1. The summed E-state index contributed by atoms with van der Waals surface area (Å²) in [7, 11) is 1.47. The van der Waals surface area contributed by atoms with Gasteiger partial charge in [0.1, 0.15) is 17.1 Å². The zero-order valence-corrected chi connectivity index (χ0v) is 10.8. The molecular formula is C15H16O4. The molecule has 0 atom stereocenters. The lowest BCUT2D eigenvalue weighted by Gasteiger charge is -2.07. The van der Waals surface area contributed by atoms with Gasteiger partial charge in [-0.3, -0.25) is 0 Å². The molecule has 0 aliphatic carbocycles. The van der Waals surface area contributed by atoms with E-state index < -0.39 is 5.63 Å². The minimum atomic E-state index is -0.537. The summed E-state index contributed by atoms with van der Waals surface area (Å²) < 4.78 is 10.3. The van der Waals surface area contributed by atoms with E-state index in [9.17, 15) is 4.79 Å². The van der Waals surface area contributed by atoms with Gasteiger partial charge in [0.15, 0.2) is 0 Å². The van der Waals surface area contributed by atoms with Gasteiger partial charge in [0.2, 0.25) is 0 Å². The van der Waals surface area contributed by atoms with Gasteiger partial charge in [-0.25, -0.2) is 4.79 Å². The Morgan fingerprint density at radius 1 is 1.21 bits per heavy atom. The van der Waals surface area contributed by atoms with Crippen molar-refractivity contribution in [1.82, 2.24) is 0 Å². The molecule has 0 unspecified atom stereocenters. The highest BCUT2D eigenvalue weighted by molar-refractivity contribution is 5.31. The van der Waals surface area contributed by atoms with Crippen LogP contribution in [0, 0.1) is 0 Å². The molecule has 1 heterocycles. The minimum absolute atomic E-state index is 0.158. The number of rotatable bonds is 5. The molecule has 0 aliphatic rings. The average Bonchev–Trinajstić information content (AvgIpc) is 2.45. The van der Waals surface area contributed by atoms with Crippen molar-refractivity contribution >= 4 is 0 Å². The first kappa shape index (κ1) is 13.4. The van der Waals surface area contributed by atoms with Crippen molar-refractivity contribution in [3.05, 3.63) is 63.7 Å². The highest BCUT2D eigenvalue weighted by Crippen LogP contribution is 2.17. The van der Waals surface area contributed by atoms with Crippen LogP contribution >= 0.6 is 0 Å². The van der Waals surface area contributed by atoms with E-state index in [1.165, 1.54) is 12.7 Å². The molecular weight excluding hydrogens is 244 g/mol. The molecule has 2 aromatic rings. The Hall–Kier alpha value is -2.07. The largest absolute Gasteiger partial charge is 0.496 e. The fourth-order valence-electron chi connectivity index (χ4n) is 1.90. The molecule has 1 aromatic heterocycles. The van der Waals surface area contributed by atoms with Crippen LogP contribution in [0.25, 0.3) is 0 Å². The number of aliphatic hydroxyl groups excluding tert-OH is 1. The van der Waals surface area contributed by atoms with Gasteiger partial charge < -0.3 is 14.3 Å². The Morgan fingerprint density at radius 3 is 2.58 bits per heavy atom. The van der Waals surface area contributed by atoms with E-state index in [0.29, 0.717) is 17.9 Å². The lowest BCUT2D eigenvalue weighted by molar-refractivity contribution is 0.263. The maximum absolute atomic E-state index is 11.7. The summed E-state index contributed by atoms with van der Waals surface area (Å²) in [6.45, 7) is -0.384. The molecule has 19 heavy (non-hydrogen) atoms. The summed E-state index contributed by atoms with van der Waals surface area (Å²) in [5.41, 5.74) is 0.797. The minimum Gasteiger partial charge on any atom is -0.496 e. The Bertz CT molecular complexity index is 587. The molecule has 0 radical (unpaired) electrons. The smallest absolute Gasteiger partial charge is 0.345 e. The first-order valence-corrected chi connectivity index (χ1v) is 6.09. The van der Waals surface area contributed by atoms with Crippen LogP contribution in [-0.2, 0) is 19.4 Å². The predicted octanol–water partition coefficient (Wildman–Crippen LogP) is 1.93. The van der Waals surface area contributed by atoms with Crippen LogP contribution in [0.1, 0.15) is 16.9 Å². The number of benzene rings is 1. The summed E-state index contributed by atoms with van der Waals surface area (Å²) in [6.07, 6.45) is 1.40. The fraction of sp³-hybridized carbons (Fsp3) is 0.267. The van der Waals surface area contributed by atoms with Crippen LogP contribution in [0.3, 0.4) is 0 Å². The lowest BCUT2D eigenvalue weighted by atomic mass is 10.1. The third-order valence-electron chi connectivity index (χ3n) is 2.94. The number of methoxy groups -OCH3 is 1. The summed E-state index contributed by atoms with van der Waals surface area (Å²) in [4.78, 5) is 11.7. The molecule has 0 amide bonds. The van der Waals surface area contributed by atoms with Crippen molar-refractivity contribution < 1.29 is 14.3 Å². The van der Waals surface area contributed by atoms with Crippen molar-refractivity contribution in [3.8, 4) is 5.75 Å². The summed E-state index contributed by atoms with van der Waals surface area (Å²) in [5, 5.41) is 9.09. The zero-order valence-electron chi connectivity index (χ0n) is 10.8. The molecule has 4 heteroatoms. The van der Waals surface area contributed by atoms with E-state index in [2.05, 4.69) is 0 Å². The average molecular weight is 260 g/mol. The molecule has 0 aliphatic heterocycles. The van der Waals surface area contributed by atoms with E-state index in [4.69, 9.17) is 14.3 Å². The number of aliphatic hydroxyl groups is 1. The Labute approximate surface area is 111 Å². The van der Waals surface area contributed by atoms with E-state index in [1.807, 2.05) is 30.3 Å². The van der Waals surface area contributed by atoms with Gasteiger partial charge in [0, 0.05) is 12.5 Å². The fourth-order valence-corrected chi connectivity index (χ4v) is 1.90. The van der Waals surface area contributed by atoms with Gasteiger partial charge in [-0.15, -0.1) is 0 Å². The van der Waals surface area contributed by atoms with Gasteiger partial charge in [-0.2, -0.15) is 0 Å². The van der Waals surface area contributed by atoms with E-state index in [-0.39, 0.29) is 12.2 Å². The van der Waals surface area contributed by atoms with Gasteiger partial charge >= 0.3 is 5.63 Å². The molecule has 0 bridgehead atoms. The summed E-state index contributed by atoms with van der Waals surface area (Å²) in [6, 6.07) is 11.6. The molecule has 0 saturated carbocycles. The third kappa shape index (κ3) is 3.23. The second-order valence-electron chi connectivity index (χ2n) is 4.19. The Balaban J connectivity index is 2.17. The Kier molecular flexibility index (Phi) is 4.36. The summed E-state index contributed by atoms with van der Waals surface area (Å²) >= 11 is 0. The highest BCUT2D eigenvalue weighted by atomic mass is 16.5. The van der Waals surface area contributed by atoms with Crippen LogP contribution in [0.5, 0.6) is 5.75 Å². The van der Waals surface area contributed by atoms with Crippen LogP contribution in [0.4, 0.5) is 0 Å². The Morgan fingerprint density at radius 2 is 1.95 bits per heavy atom. The second kappa shape index (κ2) is 6.20. The van der Waals surface area contributed by atoms with Gasteiger partial charge in [-0.05, 0) is 12.0 Å². The number of hydrogen-bond acceptors (Lipinski definition) is 4. The van der Waals surface area contributed by atoms with Crippen LogP contribution in [0.15, 0.2) is 45.6 Å². The number of ether oxygens (including phenoxy) is 1. The van der Waals surface area contributed by atoms with Crippen LogP contribution in [0.2, 0.25) is 0 Å². The van der Waals surface area contributed by atoms with E-state index >= 15 is 0 Å². The van der Waals surface area contributed by atoms with E-state index in [1.54, 1.807) is 6.07 Å². The second-order valence-corrected chi connectivity index (χ2v) is 4.19. The van der Waals surface area contributed by atoms with Crippen molar-refractivity contribution in [2.45, 2.75) is 19.4 Å². The quantitative estimate of drug-likeness (QED) is 0.892. The first-order valence-electron chi connectivity index (χ1n) is 6.09. The maximum Gasteiger partial charge on any atom is 0.345 e.